The van der Waals surface area contributed by atoms with Crippen LogP contribution in [0.3, 0.4) is 0 Å². The molecule has 0 heterocycles. The van der Waals surface area contributed by atoms with Crippen LogP contribution in [0.5, 0.6) is 0 Å². The summed E-state index contributed by atoms with van der Waals surface area (Å²) < 4.78 is 0. The van der Waals surface area contributed by atoms with E-state index in [-0.39, 0.29) is 11.9 Å². The topological polar surface area (TPSA) is 37.3 Å². The minimum atomic E-state index is -0.325. The van der Waals surface area contributed by atoms with Crippen molar-refractivity contribution in [1.82, 2.24) is 0 Å². The highest BCUT2D eigenvalue weighted by atomic mass is 16.3. The Morgan fingerprint density at radius 2 is 1.65 bits per heavy atom. The van der Waals surface area contributed by atoms with Gasteiger partial charge in [-0.05, 0) is 12.8 Å². The molecule has 1 rings (SSSR count). The second kappa shape index (κ2) is 10.6. The van der Waals surface area contributed by atoms with E-state index >= 15 is 0 Å². The largest absolute Gasteiger partial charge is 0.393 e. The zero-order valence-corrected chi connectivity index (χ0v) is 12.7. The molecule has 0 bridgehead atoms. The van der Waals surface area contributed by atoms with Crippen LogP contribution in [0.25, 0.3) is 0 Å². The predicted octanol–water partition coefficient (Wildman–Crippen LogP) is 4.76. The van der Waals surface area contributed by atoms with Gasteiger partial charge in [-0.15, -0.1) is 0 Å². The van der Waals surface area contributed by atoms with E-state index in [1.807, 2.05) is 30.3 Å². The quantitative estimate of drug-likeness (QED) is 0.467. The third kappa shape index (κ3) is 7.44. The van der Waals surface area contributed by atoms with Crippen LogP contribution in [0.4, 0.5) is 0 Å². The number of hydrogen-bond donors (Lipinski definition) is 1. The second-order valence-corrected chi connectivity index (χ2v) is 5.54. The van der Waals surface area contributed by atoms with Gasteiger partial charge >= 0.3 is 0 Å². The summed E-state index contributed by atoms with van der Waals surface area (Å²) in [6.07, 6.45) is 8.96. The predicted molar refractivity (Wildman–Crippen MR) is 84.0 cm³/mol. The molecule has 0 spiro atoms. The van der Waals surface area contributed by atoms with Crippen molar-refractivity contribution >= 4 is 5.78 Å². The van der Waals surface area contributed by atoms with Crippen molar-refractivity contribution in [2.45, 2.75) is 70.8 Å². The second-order valence-electron chi connectivity index (χ2n) is 5.54. The summed E-state index contributed by atoms with van der Waals surface area (Å²) >= 11 is 0. The normalized spacial score (nSPS) is 12.3. The highest BCUT2D eigenvalue weighted by Gasteiger charge is 2.09. The molecule has 20 heavy (non-hydrogen) atoms. The van der Waals surface area contributed by atoms with Crippen LogP contribution in [-0.4, -0.2) is 17.0 Å². The van der Waals surface area contributed by atoms with Gasteiger partial charge in [0.1, 0.15) is 0 Å². The third-order valence-corrected chi connectivity index (χ3v) is 3.69. The molecule has 1 unspecified atom stereocenters. The summed E-state index contributed by atoms with van der Waals surface area (Å²) in [5.74, 6) is 0.132. The summed E-state index contributed by atoms with van der Waals surface area (Å²) in [7, 11) is 0. The van der Waals surface area contributed by atoms with Crippen LogP contribution in [0.2, 0.25) is 0 Å². The van der Waals surface area contributed by atoms with Crippen LogP contribution >= 0.6 is 0 Å². The average molecular weight is 276 g/mol. The maximum atomic E-state index is 11.9. The summed E-state index contributed by atoms with van der Waals surface area (Å²) in [5.41, 5.74) is 0.749. The van der Waals surface area contributed by atoms with Crippen molar-refractivity contribution in [3.05, 3.63) is 35.9 Å². The number of ketones is 1. The number of Topliss-reactive ketones (excluding diaryl/α,β-unsaturated/α-hetero) is 1. The molecule has 1 atom stereocenters. The third-order valence-electron chi connectivity index (χ3n) is 3.69. The zero-order chi connectivity index (χ0) is 14.6. The van der Waals surface area contributed by atoms with E-state index in [1.54, 1.807) is 0 Å². The van der Waals surface area contributed by atoms with Gasteiger partial charge in [0.2, 0.25) is 0 Å². The van der Waals surface area contributed by atoms with Crippen molar-refractivity contribution in [2.75, 3.05) is 0 Å². The van der Waals surface area contributed by atoms with Crippen molar-refractivity contribution in [3.8, 4) is 0 Å². The van der Waals surface area contributed by atoms with Gasteiger partial charge in [-0.3, -0.25) is 4.79 Å². The molecule has 0 radical (unpaired) electrons. The smallest absolute Gasteiger partial charge is 0.162 e. The van der Waals surface area contributed by atoms with Crippen LogP contribution in [-0.2, 0) is 0 Å². The number of rotatable bonds is 11. The van der Waals surface area contributed by atoms with E-state index in [1.165, 1.54) is 32.1 Å². The number of unbranched alkanes of at least 4 members (excludes halogenated alkanes) is 5. The number of benzene rings is 1. The number of carbonyl (C=O) groups excluding carboxylic acids is 1. The van der Waals surface area contributed by atoms with Gasteiger partial charge in [-0.2, -0.15) is 0 Å². The molecule has 2 heteroatoms. The van der Waals surface area contributed by atoms with Gasteiger partial charge in [0.05, 0.1) is 6.10 Å². The Kier molecular flexibility index (Phi) is 8.97. The molecular weight excluding hydrogens is 248 g/mol. The Morgan fingerprint density at radius 1 is 1.00 bits per heavy atom. The Morgan fingerprint density at radius 3 is 2.35 bits per heavy atom. The first-order chi connectivity index (χ1) is 9.74. The molecule has 2 nitrogen and oxygen atoms in total. The number of carbonyl (C=O) groups is 1. The molecule has 1 aromatic carbocycles. The van der Waals surface area contributed by atoms with Crippen molar-refractivity contribution in [3.63, 3.8) is 0 Å². The number of aliphatic hydroxyl groups is 1. The molecular formula is C18H28O2. The fraction of sp³-hybridized carbons (Fsp3) is 0.611. The molecule has 0 aliphatic heterocycles. The summed E-state index contributed by atoms with van der Waals surface area (Å²) in [4.78, 5) is 11.9. The van der Waals surface area contributed by atoms with E-state index < -0.39 is 0 Å². The molecule has 112 valence electrons. The fourth-order valence-electron chi connectivity index (χ4n) is 2.37. The standard InChI is InChI=1S/C18H28O2/c1-2-3-4-5-6-10-13-17(19)14-15-18(20)16-11-8-7-9-12-16/h7-9,11-12,17,19H,2-6,10,13-15H2,1H3. The van der Waals surface area contributed by atoms with Crippen molar-refractivity contribution < 1.29 is 9.90 Å². The molecule has 0 aliphatic rings. The Balaban J connectivity index is 2.08. The molecule has 0 amide bonds. The average Bonchev–Trinajstić information content (AvgIpc) is 2.49. The van der Waals surface area contributed by atoms with Crippen molar-refractivity contribution in [1.29, 1.82) is 0 Å². The zero-order valence-electron chi connectivity index (χ0n) is 12.7. The highest BCUT2D eigenvalue weighted by Crippen LogP contribution is 2.13. The van der Waals surface area contributed by atoms with Crippen LogP contribution < -0.4 is 0 Å². The fourth-order valence-corrected chi connectivity index (χ4v) is 2.37. The van der Waals surface area contributed by atoms with Gasteiger partial charge in [-0.25, -0.2) is 0 Å². The first kappa shape index (κ1) is 16.9. The number of aliphatic hydroxyl groups excluding tert-OH is 1. The van der Waals surface area contributed by atoms with E-state index in [9.17, 15) is 9.90 Å². The molecule has 1 aromatic rings. The SMILES string of the molecule is CCCCCCCCC(O)CCC(=O)c1ccccc1. The monoisotopic (exact) mass is 276 g/mol. The van der Waals surface area contributed by atoms with E-state index in [4.69, 9.17) is 0 Å². The van der Waals surface area contributed by atoms with Crippen LogP contribution in [0.15, 0.2) is 30.3 Å². The van der Waals surface area contributed by atoms with Crippen LogP contribution in [0.1, 0.15) is 75.1 Å². The van der Waals surface area contributed by atoms with E-state index in [2.05, 4.69) is 6.92 Å². The first-order valence-corrected chi connectivity index (χ1v) is 8.00. The maximum Gasteiger partial charge on any atom is 0.162 e. The summed E-state index contributed by atoms with van der Waals surface area (Å²) in [6, 6.07) is 9.33. The van der Waals surface area contributed by atoms with Gasteiger partial charge in [0, 0.05) is 12.0 Å². The van der Waals surface area contributed by atoms with Crippen LogP contribution in [0, 0.1) is 0 Å². The molecule has 0 aliphatic carbocycles. The van der Waals surface area contributed by atoms with Gasteiger partial charge < -0.3 is 5.11 Å². The maximum absolute atomic E-state index is 11.9. The van der Waals surface area contributed by atoms with Gasteiger partial charge in [0.15, 0.2) is 5.78 Å². The molecule has 1 N–H and O–H groups in total. The number of hydrogen-bond acceptors (Lipinski definition) is 2. The Labute approximate surface area is 123 Å². The Hall–Kier alpha value is -1.15. The van der Waals surface area contributed by atoms with E-state index in [0.29, 0.717) is 12.8 Å². The molecule has 0 aromatic heterocycles. The first-order valence-electron chi connectivity index (χ1n) is 8.00. The Bertz CT molecular complexity index is 359. The molecule has 0 saturated heterocycles. The lowest BCUT2D eigenvalue weighted by molar-refractivity contribution is 0.0931. The lowest BCUT2D eigenvalue weighted by atomic mass is 10.0. The molecule has 0 fully saturated rings. The highest BCUT2D eigenvalue weighted by molar-refractivity contribution is 5.95. The van der Waals surface area contributed by atoms with Gasteiger partial charge in [-0.1, -0.05) is 75.8 Å². The van der Waals surface area contributed by atoms with Gasteiger partial charge in [0.25, 0.3) is 0 Å². The minimum absolute atomic E-state index is 0.132. The van der Waals surface area contributed by atoms with Crippen molar-refractivity contribution in [2.24, 2.45) is 0 Å². The lowest BCUT2D eigenvalue weighted by Crippen LogP contribution is -2.10. The molecule has 0 saturated carbocycles. The lowest BCUT2D eigenvalue weighted by Gasteiger charge is -2.09. The minimum Gasteiger partial charge on any atom is -0.393 e. The van der Waals surface area contributed by atoms with E-state index in [0.717, 1.165) is 18.4 Å². The summed E-state index contributed by atoms with van der Waals surface area (Å²) in [6.45, 7) is 2.22. The summed E-state index contributed by atoms with van der Waals surface area (Å²) in [5, 5.41) is 9.90.